The smallest absolute Gasteiger partial charge is 0.263 e. The maximum atomic E-state index is 12.1. The van der Waals surface area contributed by atoms with Crippen molar-refractivity contribution in [1.82, 2.24) is 10.2 Å². The number of amides is 1. The quantitative estimate of drug-likeness (QED) is 0.742. The monoisotopic (exact) mass is 374 g/mol. The molecule has 1 aliphatic heterocycles. The van der Waals surface area contributed by atoms with Gasteiger partial charge in [-0.3, -0.25) is 4.79 Å². The van der Waals surface area contributed by atoms with Crippen molar-refractivity contribution in [3.05, 3.63) is 77.4 Å². The molecule has 6 nitrogen and oxygen atoms in total. The van der Waals surface area contributed by atoms with Gasteiger partial charge in [-0.2, -0.15) is 0 Å². The van der Waals surface area contributed by atoms with Crippen LogP contribution in [0.15, 0.2) is 60.7 Å². The summed E-state index contributed by atoms with van der Waals surface area (Å²) in [5, 5.41) is 11.1. The van der Waals surface area contributed by atoms with Crippen molar-refractivity contribution < 1.29 is 9.53 Å². The van der Waals surface area contributed by atoms with Gasteiger partial charge in [-0.15, -0.1) is 10.2 Å². The Morgan fingerprint density at radius 3 is 2.57 bits per heavy atom. The number of ether oxygens (including phenoxy) is 1. The van der Waals surface area contributed by atoms with Gasteiger partial charge < -0.3 is 15.0 Å². The highest BCUT2D eigenvalue weighted by Crippen LogP contribution is 2.23. The molecule has 0 atom stereocenters. The Labute approximate surface area is 164 Å². The summed E-state index contributed by atoms with van der Waals surface area (Å²) >= 11 is 0. The minimum absolute atomic E-state index is 0.0740. The number of aromatic nitrogens is 2. The van der Waals surface area contributed by atoms with Gasteiger partial charge in [-0.25, -0.2) is 0 Å². The molecule has 0 aliphatic carbocycles. The molecule has 142 valence electrons. The van der Waals surface area contributed by atoms with E-state index in [9.17, 15) is 4.79 Å². The van der Waals surface area contributed by atoms with Gasteiger partial charge in [0.25, 0.3) is 5.91 Å². The first-order valence-corrected chi connectivity index (χ1v) is 9.32. The number of aryl methyl sites for hydroxylation is 1. The summed E-state index contributed by atoms with van der Waals surface area (Å²) in [6, 6.07) is 19.7. The number of carbonyl (C=O) groups excluding carboxylic acids is 1. The highest BCUT2D eigenvalue weighted by atomic mass is 16.5. The van der Waals surface area contributed by atoms with Gasteiger partial charge in [0.2, 0.25) is 0 Å². The number of hydrogen-bond acceptors (Lipinski definition) is 5. The summed E-state index contributed by atoms with van der Waals surface area (Å²) in [6.07, 6.45) is 0.993. The van der Waals surface area contributed by atoms with E-state index in [0.717, 1.165) is 30.9 Å². The maximum absolute atomic E-state index is 12.1. The van der Waals surface area contributed by atoms with E-state index < -0.39 is 0 Å². The van der Waals surface area contributed by atoms with Gasteiger partial charge in [-0.05, 0) is 48.7 Å². The number of benzene rings is 2. The third-order valence-corrected chi connectivity index (χ3v) is 4.76. The number of nitrogens with one attached hydrogen (secondary N) is 1. The lowest BCUT2D eigenvalue weighted by molar-refractivity contribution is -0.118. The molecule has 4 rings (SSSR count). The fraction of sp³-hybridized carbons (Fsp3) is 0.227. The Balaban J connectivity index is 1.32. The van der Waals surface area contributed by atoms with E-state index in [1.165, 1.54) is 11.1 Å². The predicted octanol–water partition coefficient (Wildman–Crippen LogP) is 3.37. The SMILES string of the molecule is Cc1ccc(OCC(=O)Nc2ccc(N3CCc4ccccc4C3)nn2)cc1. The molecule has 2 heterocycles. The summed E-state index contributed by atoms with van der Waals surface area (Å²) in [6.45, 7) is 3.65. The standard InChI is InChI=1S/C22H22N4O2/c1-16-6-8-19(9-7-16)28-15-22(27)23-20-10-11-21(25-24-20)26-13-12-17-4-2-3-5-18(17)14-26/h2-11H,12-15H2,1H3,(H,23,24,27). The molecule has 3 aromatic rings. The number of rotatable bonds is 5. The average Bonchev–Trinajstić information content (AvgIpc) is 2.73. The van der Waals surface area contributed by atoms with Gasteiger partial charge in [0.05, 0.1) is 0 Å². The Bertz CT molecular complexity index is 955. The lowest BCUT2D eigenvalue weighted by Gasteiger charge is -2.29. The van der Waals surface area contributed by atoms with Crippen LogP contribution >= 0.6 is 0 Å². The Kier molecular flexibility index (Phi) is 5.19. The average molecular weight is 374 g/mol. The van der Waals surface area contributed by atoms with Gasteiger partial charge in [0.1, 0.15) is 5.75 Å². The first-order valence-electron chi connectivity index (χ1n) is 9.32. The largest absolute Gasteiger partial charge is 0.484 e. The molecule has 1 amide bonds. The van der Waals surface area contributed by atoms with Crippen LogP contribution in [0.2, 0.25) is 0 Å². The van der Waals surface area contributed by atoms with Crippen LogP contribution in [0.4, 0.5) is 11.6 Å². The number of carbonyl (C=O) groups is 1. The number of nitrogens with zero attached hydrogens (tertiary/aromatic N) is 3. The fourth-order valence-corrected chi connectivity index (χ4v) is 3.21. The van der Waals surface area contributed by atoms with Crippen LogP contribution in [0.1, 0.15) is 16.7 Å². The van der Waals surface area contributed by atoms with Crippen LogP contribution in [0.3, 0.4) is 0 Å². The second-order valence-electron chi connectivity index (χ2n) is 6.87. The number of hydrogen-bond donors (Lipinski definition) is 1. The van der Waals surface area contributed by atoms with E-state index in [4.69, 9.17) is 4.74 Å². The van der Waals surface area contributed by atoms with Crippen LogP contribution in [0, 0.1) is 6.92 Å². The molecule has 0 radical (unpaired) electrons. The fourth-order valence-electron chi connectivity index (χ4n) is 3.21. The van der Waals surface area contributed by atoms with E-state index in [1.807, 2.05) is 37.3 Å². The second-order valence-corrected chi connectivity index (χ2v) is 6.87. The summed E-state index contributed by atoms with van der Waals surface area (Å²) in [5.41, 5.74) is 3.86. The summed E-state index contributed by atoms with van der Waals surface area (Å²) in [7, 11) is 0. The molecule has 1 aromatic heterocycles. The Morgan fingerprint density at radius 2 is 1.82 bits per heavy atom. The molecule has 1 aliphatic rings. The number of fused-ring (bicyclic) bond motifs is 1. The molecule has 1 N–H and O–H groups in total. The lowest BCUT2D eigenvalue weighted by atomic mass is 10.00. The second kappa shape index (κ2) is 8.08. The maximum Gasteiger partial charge on any atom is 0.263 e. The minimum Gasteiger partial charge on any atom is -0.484 e. The topological polar surface area (TPSA) is 67.3 Å². The zero-order valence-corrected chi connectivity index (χ0v) is 15.8. The highest BCUT2D eigenvalue weighted by Gasteiger charge is 2.17. The molecule has 0 bridgehead atoms. The van der Waals surface area contributed by atoms with Crippen LogP contribution < -0.4 is 15.0 Å². The van der Waals surface area contributed by atoms with Crippen molar-refractivity contribution in [3.8, 4) is 5.75 Å². The van der Waals surface area contributed by atoms with Crippen LogP contribution in [0.5, 0.6) is 5.75 Å². The third-order valence-electron chi connectivity index (χ3n) is 4.76. The molecule has 0 spiro atoms. The van der Waals surface area contributed by atoms with Gasteiger partial charge >= 0.3 is 0 Å². The zero-order valence-electron chi connectivity index (χ0n) is 15.8. The van der Waals surface area contributed by atoms with E-state index in [1.54, 1.807) is 6.07 Å². The summed E-state index contributed by atoms with van der Waals surface area (Å²) < 4.78 is 5.48. The molecule has 2 aromatic carbocycles. The van der Waals surface area contributed by atoms with Crippen molar-refractivity contribution in [3.63, 3.8) is 0 Å². The van der Waals surface area contributed by atoms with E-state index in [-0.39, 0.29) is 12.5 Å². The molecule has 0 fully saturated rings. The van der Waals surface area contributed by atoms with Crippen molar-refractivity contribution >= 4 is 17.5 Å². The van der Waals surface area contributed by atoms with Crippen molar-refractivity contribution in [1.29, 1.82) is 0 Å². The Morgan fingerprint density at radius 1 is 1.04 bits per heavy atom. The van der Waals surface area contributed by atoms with Crippen LogP contribution in [-0.4, -0.2) is 29.3 Å². The molecular formula is C22H22N4O2. The summed E-state index contributed by atoms with van der Waals surface area (Å²) in [5.74, 6) is 1.61. The van der Waals surface area contributed by atoms with E-state index >= 15 is 0 Å². The lowest BCUT2D eigenvalue weighted by Crippen LogP contribution is -2.31. The van der Waals surface area contributed by atoms with Crippen molar-refractivity contribution in [2.45, 2.75) is 19.9 Å². The molecule has 0 saturated carbocycles. The zero-order chi connectivity index (χ0) is 19.3. The highest BCUT2D eigenvalue weighted by molar-refractivity contribution is 5.90. The molecule has 28 heavy (non-hydrogen) atoms. The van der Waals surface area contributed by atoms with Crippen molar-refractivity contribution in [2.75, 3.05) is 23.4 Å². The molecule has 0 saturated heterocycles. The summed E-state index contributed by atoms with van der Waals surface area (Å²) in [4.78, 5) is 14.3. The number of anilines is 2. The normalized spacial score (nSPS) is 13.0. The van der Waals surface area contributed by atoms with Crippen LogP contribution in [0.25, 0.3) is 0 Å². The molecule has 6 heteroatoms. The van der Waals surface area contributed by atoms with Gasteiger partial charge in [0, 0.05) is 13.1 Å². The molecule has 0 unspecified atom stereocenters. The predicted molar refractivity (Wildman–Crippen MR) is 109 cm³/mol. The van der Waals surface area contributed by atoms with E-state index in [0.29, 0.717) is 11.6 Å². The first-order chi connectivity index (χ1) is 13.7. The van der Waals surface area contributed by atoms with Crippen LogP contribution in [-0.2, 0) is 17.8 Å². The Hall–Kier alpha value is -3.41. The van der Waals surface area contributed by atoms with Gasteiger partial charge in [0.15, 0.2) is 18.2 Å². The first kappa shape index (κ1) is 18.0. The third kappa shape index (κ3) is 4.28. The minimum atomic E-state index is -0.269. The van der Waals surface area contributed by atoms with Crippen molar-refractivity contribution in [2.24, 2.45) is 0 Å². The van der Waals surface area contributed by atoms with Gasteiger partial charge in [-0.1, -0.05) is 42.0 Å². The van der Waals surface area contributed by atoms with E-state index in [2.05, 4.69) is 44.7 Å². The molecular weight excluding hydrogens is 352 g/mol.